The summed E-state index contributed by atoms with van der Waals surface area (Å²) in [6.45, 7) is 6.00. The molecule has 214 valence electrons. The number of likely N-dealkylation sites (N-methyl/N-ethyl adjacent to an activating group) is 1. The average molecular weight is 595 g/mol. The summed E-state index contributed by atoms with van der Waals surface area (Å²) in [5.41, 5.74) is 10.8. The zero-order valence-corrected chi connectivity index (χ0v) is 25.3. The van der Waals surface area contributed by atoms with Gasteiger partial charge >= 0.3 is 0 Å². The molecule has 0 saturated carbocycles. The highest BCUT2D eigenvalue weighted by Crippen LogP contribution is 2.27. The number of nitrogen functional groups attached to an aromatic ring is 1. The molecule has 1 saturated heterocycles. The number of anilines is 1. The number of benzene rings is 3. The second-order valence-corrected chi connectivity index (χ2v) is 11.2. The Kier molecular flexibility index (Phi) is 8.38. The summed E-state index contributed by atoms with van der Waals surface area (Å²) in [6, 6.07) is 29.8. The maximum atomic E-state index is 7.05. The van der Waals surface area contributed by atoms with E-state index in [1.54, 1.807) is 0 Å². The van der Waals surface area contributed by atoms with Crippen LogP contribution >= 0.6 is 24.4 Å². The fraction of sp³-hybridized carbons (Fsp3) is 0.250. The molecule has 10 heteroatoms. The van der Waals surface area contributed by atoms with Crippen LogP contribution < -0.4 is 11.4 Å². The maximum Gasteiger partial charge on any atom is 0.233 e. The lowest BCUT2D eigenvalue weighted by molar-refractivity contribution is 0.153. The fourth-order valence-corrected chi connectivity index (χ4v) is 6.22. The molecule has 0 unspecified atom stereocenters. The van der Waals surface area contributed by atoms with Gasteiger partial charge in [-0.3, -0.25) is 18.7 Å². The Hall–Kier alpha value is -3.96. The second kappa shape index (κ2) is 12.5. The van der Waals surface area contributed by atoms with Crippen molar-refractivity contribution in [1.82, 2.24) is 28.5 Å². The van der Waals surface area contributed by atoms with E-state index in [1.165, 1.54) is 0 Å². The minimum absolute atomic E-state index is 0.471. The maximum absolute atomic E-state index is 7.05. The van der Waals surface area contributed by atoms with E-state index in [9.17, 15) is 0 Å². The molecule has 42 heavy (non-hydrogen) atoms. The quantitative estimate of drug-likeness (QED) is 0.207. The third-order valence-electron chi connectivity index (χ3n) is 7.66. The Bertz CT molecular complexity index is 1870. The molecule has 0 bridgehead atoms. The third kappa shape index (κ3) is 5.58. The molecule has 6 rings (SSSR count). The lowest BCUT2D eigenvalue weighted by atomic mass is 10.2. The van der Waals surface area contributed by atoms with E-state index in [2.05, 4.69) is 16.8 Å². The van der Waals surface area contributed by atoms with Gasteiger partial charge in [-0.2, -0.15) is 4.98 Å². The van der Waals surface area contributed by atoms with Crippen molar-refractivity contribution in [1.29, 1.82) is 0 Å². The molecule has 0 radical (unpaired) electrons. The van der Waals surface area contributed by atoms with Crippen LogP contribution in [0.3, 0.4) is 0 Å². The topological polar surface area (TPSA) is 72.5 Å². The van der Waals surface area contributed by atoms with E-state index >= 15 is 0 Å². The monoisotopic (exact) mass is 594 g/mol. The molecule has 0 spiro atoms. The molecule has 3 aromatic carbocycles. The molecule has 5 aromatic rings. The van der Waals surface area contributed by atoms with Crippen molar-refractivity contribution in [2.45, 2.75) is 6.42 Å². The number of para-hydroxylation sites is 3. The Balaban J connectivity index is 1.57. The van der Waals surface area contributed by atoms with Crippen LogP contribution in [-0.4, -0.2) is 74.8 Å². The van der Waals surface area contributed by atoms with Gasteiger partial charge in [-0.15, -0.1) is 0 Å². The number of hydrogen-bond acceptors (Lipinski definition) is 7. The van der Waals surface area contributed by atoms with Crippen LogP contribution in [0.4, 0.5) is 5.82 Å². The summed E-state index contributed by atoms with van der Waals surface area (Å²) in [7, 11) is 2.18. The zero-order chi connectivity index (χ0) is 29.1. The molecular weight excluding hydrogens is 561 g/mol. The standard InChI is InChI=1S/C32H34N8S2/c1-36-20-22-37(23-21-36)19-11-18-34-31-35-29-27(28(33)38(31)24-12-5-2-6-13-24)30(41)40(26-16-9-4-10-17-26)32(42)39(29)25-14-7-3-8-15-25/h2-10,12-17H,11,18-23,33H2,1H3. The van der Waals surface area contributed by atoms with Gasteiger partial charge in [0.25, 0.3) is 0 Å². The average Bonchev–Trinajstić information content (AvgIpc) is 3.01. The summed E-state index contributed by atoms with van der Waals surface area (Å²) in [4.78, 5) is 15.0. The van der Waals surface area contributed by atoms with Gasteiger partial charge in [0.05, 0.1) is 11.1 Å². The van der Waals surface area contributed by atoms with Gasteiger partial charge < -0.3 is 15.5 Å². The molecule has 8 nitrogen and oxygen atoms in total. The SMILES string of the molecule is CN1CCN(CCCN=c2nc3c(c(N)n2-c2ccccc2)c(=S)n(-c2ccccc2)c(=S)n3-c2ccccc2)CC1. The summed E-state index contributed by atoms with van der Waals surface area (Å²) in [5.74, 6) is 0.471. The number of fused-ring (bicyclic) bond motifs is 1. The van der Waals surface area contributed by atoms with Crippen LogP contribution in [-0.2, 0) is 0 Å². The first-order chi connectivity index (χ1) is 20.5. The Morgan fingerprint density at radius 2 is 1.26 bits per heavy atom. The van der Waals surface area contributed by atoms with E-state index < -0.39 is 0 Å². The summed E-state index contributed by atoms with van der Waals surface area (Å²) in [5, 5.41) is 0.645. The van der Waals surface area contributed by atoms with Gasteiger partial charge in [0.15, 0.2) is 10.4 Å². The zero-order valence-electron chi connectivity index (χ0n) is 23.6. The van der Waals surface area contributed by atoms with E-state index in [0.29, 0.717) is 38.4 Å². The first-order valence-corrected chi connectivity index (χ1v) is 15.0. The van der Waals surface area contributed by atoms with Crippen LogP contribution in [0.1, 0.15) is 6.42 Å². The summed E-state index contributed by atoms with van der Waals surface area (Å²) in [6.07, 6.45) is 0.929. The minimum Gasteiger partial charge on any atom is -0.384 e. The number of piperazine rings is 1. The Morgan fingerprint density at radius 1 is 0.738 bits per heavy atom. The molecule has 2 aromatic heterocycles. The summed E-state index contributed by atoms with van der Waals surface area (Å²) < 4.78 is 6.75. The highest BCUT2D eigenvalue weighted by Gasteiger charge is 2.19. The normalized spacial score (nSPS) is 14.9. The van der Waals surface area contributed by atoms with Crippen molar-refractivity contribution >= 4 is 41.3 Å². The van der Waals surface area contributed by atoms with Gasteiger partial charge in [-0.1, -0.05) is 66.8 Å². The number of aromatic nitrogens is 4. The van der Waals surface area contributed by atoms with Crippen molar-refractivity contribution in [2.75, 3.05) is 52.0 Å². The highest BCUT2D eigenvalue weighted by atomic mass is 32.1. The van der Waals surface area contributed by atoms with E-state index in [1.807, 2.05) is 105 Å². The molecule has 1 aliphatic rings. The van der Waals surface area contributed by atoms with Gasteiger partial charge in [-0.25, -0.2) is 0 Å². The molecule has 0 amide bonds. The number of nitrogens with two attached hydrogens (primary N) is 1. The lowest BCUT2D eigenvalue weighted by Crippen LogP contribution is -2.44. The molecule has 1 aliphatic heterocycles. The molecule has 0 aliphatic carbocycles. The fourth-order valence-electron chi connectivity index (χ4n) is 5.39. The third-order valence-corrected chi connectivity index (χ3v) is 8.41. The predicted molar refractivity (Wildman–Crippen MR) is 175 cm³/mol. The van der Waals surface area contributed by atoms with Gasteiger partial charge in [0.1, 0.15) is 10.5 Å². The Morgan fingerprint density at radius 3 is 1.83 bits per heavy atom. The van der Waals surface area contributed by atoms with Crippen LogP contribution in [0.5, 0.6) is 0 Å². The van der Waals surface area contributed by atoms with E-state index in [4.69, 9.17) is 40.1 Å². The predicted octanol–water partition coefficient (Wildman–Crippen LogP) is 5.19. The van der Waals surface area contributed by atoms with Gasteiger partial charge in [0.2, 0.25) is 5.62 Å². The first-order valence-electron chi connectivity index (χ1n) is 14.2. The Labute approximate surface area is 255 Å². The minimum atomic E-state index is 0.471. The van der Waals surface area contributed by atoms with E-state index in [0.717, 1.165) is 56.2 Å². The highest BCUT2D eigenvalue weighted by molar-refractivity contribution is 7.72. The van der Waals surface area contributed by atoms with Gasteiger partial charge in [0, 0.05) is 50.6 Å². The molecular formula is C32H34N8S2. The second-order valence-electron chi connectivity index (χ2n) is 10.5. The number of rotatable bonds is 7. The smallest absolute Gasteiger partial charge is 0.233 e. The van der Waals surface area contributed by atoms with Crippen molar-refractivity contribution in [3.8, 4) is 17.1 Å². The van der Waals surface area contributed by atoms with Crippen LogP contribution in [0, 0.1) is 9.41 Å². The van der Waals surface area contributed by atoms with Crippen LogP contribution in [0.15, 0.2) is 96.0 Å². The van der Waals surface area contributed by atoms with E-state index in [-0.39, 0.29) is 0 Å². The number of hydrogen-bond donors (Lipinski definition) is 1. The molecule has 0 atom stereocenters. The molecule has 1 fully saturated rings. The molecule has 3 heterocycles. The molecule has 2 N–H and O–H groups in total. The van der Waals surface area contributed by atoms with Crippen molar-refractivity contribution < 1.29 is 0 Å². The largest absolute Gasteiger partial charge is 0.384 e. The lowest BCUT2D eigenvalue weighted by Gasteiger charge is -2.32. The van der Waals surface area contributed by atoms with Crippen LogP contribution in [0.2, 0.25) is 0 Å². The summed E-state index contributed by atoms with van der Waals surface area (Å²) >= 11 is 12.2. The number of nitrogens with zero attached hydrogens (tertiary/aromatic N) is 7. The van der Waals surface area contributed by atoms with Crippen molar-refractivity contribution in [2.24, 2.45) is 4.99 Å². The van der Waals surface area contributed by atoms with Gasteiger partial charge in [-0.05, 0) is 62.1 Å². The van der Waals surface area contributed by atoms with Crippen LogP contribution in [0.25, 0.3) is 28.1 Å². The van der Waals surface area contributed by atoms with Crippen molar-refractivity contribution in [3.63, 3.8) is 0 Å². The first kappa shape index (κ1) is 28.2. The van der Waals surface area contributed by atoms with Crippen molar-refractivity contribution in [3.05, 3.63) is 106 Å².